The van der Waals surface area contributed by atoms with E-state index in [2.05, 4.69) is 6.92 Å². The molecule has 182 valence electrons. The predicted octanol–water partition coefficient (Wildman–Crippen LogP) is 5.55. The van der Waals surface area contributed by atoms with Crippen LogP contribution in [0.25, 0.3) is 6.08 Å². The topological polar surface area (TPSA) is 105 Å². The molecule has 1 aliphatic carbocycles. The highest BCUT2D eigenvalue weighted by Crippen LogP contribution is 2.32. The van der Waals surface area contributed by atoms with Gasteiger partial charge < -0.3 is 20.9 Å². The maximum atomic E-state index is 12.5. The van der Waals surface area contributed by atoms with Gasteiger partial charge in [-0.25, -0.2) is 4.79 Å². The molecule has 0 aliphatic heterocycles. The second-order valence-electron chi connectivity index (χ2n) is 9.11. The molecule has 0 aromatic heterocycles. The number of esters is 2. The third kappa shape index (κ3) is 8.25. The lowest BCUT2D eigenvalue weighted by Crippen LogP contribution is -2.25. The van der Waals surface area contributed by atoms with Gasteiger partial charge in [-0.05, 0) is 79.1 Å². The highest BCUT2D eigenvalue weighted by atomic mass is 16.5. The van der Waals surface area contributed by atoms with E-state index in [-0.39, 0.29) is 18.5 Å². The van der Waals surface area contributed by atoms with Crippen molar-refractivity contribution >= 4 is 29.4 Å². The van der Waals surface area contributed by atoms with Crippen molar-refractivity contribution in [3.05, 3.63) is 59.7 Å². The molecule has 0 saturated heterocycles. The first-order valence-electron chi connectivity index (χ1n) is 12.2. The van der Waals surface area contributed by atoms with Crippen molar-refractivity contribution in [2.24, 2.45) is 11.8 Å². The summed E-state index contributed by atoms with van der Waals surface area (Å²) in [5, 5.41) is 0. The molecule has 2 aromatic carbocycles. The van der Waals surface area contributed by atoms with Crippen molar-refractivity contribution in [3.63, 3.8) is 0 Å². The number of benzene rings is 2. The molecule has 2 aromatic rings. The Balaban J connectivity index is 1.39. The van der Waals surface area contributed by atoms with Crippen LogP contribution in [0, 0.1) is 11.8 Å². The predicted molar refractivity (Wildman–Crippen MR) is 136 cm³/mol. The van der Waals surface area contributed by atoms with Gasteiger partial charge in [0.15, 0.2) is 0 Å². The minimum atomic E-state index is -0.429. The SMILES string of the molecule is CCCCC1CCC(C(=O)Oc2ccc(/C=C/C(=O)OCCc3cc(N)cc(N)c3)cc2)CC1. The average molecular weight is 465 g/mol. The van der Waals surface area contributed by atoms with Crippen LogP contribution in [0.3, 0.4) is 0 Å². The molecule has 0 unspecified atom stereocenters. The normalized spacial score (nSPS) is 18.0. The van der Waals surface area contributed by atoms with Gasteiger partial charge in [-0.2, -0.15) is 0 Å². The standard InChI is InChI=1S/C28H36N2O4/c1-2-3-4-20-5-10-23(11-6-20)28(32)34-26-12-7-21(8-13-26)9-14-27(31)33-16-15-22-17-24(29)19-25(30)18-22/h7-9,12-14,17-20,23H,2-6,10-11,15-16,29-30H2,1H3/b14-9+. The minimum Gasteiger partial charge on any atom is -0.462 e. The van der Waals surface area contributed by atoms with Gasteiger partial charge in [-0.1, -0.05) is 38.3 Å². The van der Waals surface area contributed by atoms with E-state index in [1.54, 1.807) is 24.3 Å². The summed E-state index contributed by atoms with van der Waals surface area (Å²) in [5.74, 6) is 0.720. The van der Waals surface area contributed by atoms with Crippen molar-refractivity contribution in [3.8, 4) is 5.75 Å². The van der Waals surface area contributed by atoms with Crippen LogP contribution in [0.4, 0.5) is 11.4 Å². The van der Waals surface area contributed by atoms with Gasteiger partial charge in [-0.3, -0.25) is 4.79 Å². The minimum absolute atomic E-state index is 0.00372. The third-order valence-electron chi connectivity index (χ3n) is 6.33. The van der Waals surface area contributed by atoms with E-state index >= 15 is 0 Å². The Morgan fingerprint density at radius 3 is 2.32 bits per heavy atom. The summed E-state index contributed by atoms with van der Waals surface area (Å²) >= 11 is 0. The molecule has 0 heterocycles. The van der Waals surface area contributed by atoms with Gasteiger partial charge in [0, 0.05) is 23.9 Å². The largest absolute Gasteiger partial charge is 0.462 e. The monoisotopic (exact) mass is 464 g/mol. The van der Waals surface area contributed by atoms with Crippen LogP contribution in [0.5, 0.6) is 5.75 Å². The lowest BCUT2D eigenvalue weighted by atomic mass is 9.80. The quantitative estimate of drug-likeness (QED) is 0.207. The highest BCUT2D eigenvalue weighted by molar-refractivity contribution is 5.87. The molecule has 6 heteroatoms. The Morgan fingerprint density at radius 2 is 1.68 bits per heavy atom. The van der Waals surface area contributed by atoms with Gasteiger partial charge in [-0.15, -0.1) is 0 Å². The van der Waals surface area contributed by atoms with E-state index in [1.165, 1.54) is 25.3 Å². The Kier molecular flexibility index (Phi) is 9.56. The van der Waals surface area contributed by atoms with Crippen molar-refractivity contribution in [1.29, 1.82) is 0 Å². The van der Waals surface area contributed by atoms with Gasteiger partial charge >= 0.3 is 11.9 Å². The Bertz CT molecular complexity index is 956. The summed E-state index contributed by atoms with van der Waals surface area (Å²) in [6.07, 6.45) is 11.4. The van der Waals surface area contributed by atoms with Gasteiger partial charge in [0.05, 0.1) is 12.5 Å². The number of hydrogen-bond acceptors (Lipinski definition) is 6. The molecule has 0 radical (unpaired) electrons. The van der Waals surface area contributed by atoms with E-state index in [9.17, 15) is 9.59 Å². The number of hydrogen-bond donors (Lipinski definition) is 2. The summed E-state index contributed by atoms with van der Waals surface area (Å²) in [4.78, 5) is 24.5. The van der Waals surface area contributed by atoms with Crippen molar-refractivity contribution in [1.82, 2.24) is 0 Å². The molecule has 1 aliphatic rings. The fraction of sp³-hybridized carbons (Fsp3) is 0.429. The Morgan fingerprint density at radius 1 is 1.00 bits per heavy atom. The van der Waals surface area contributed by atoms with Gasteiger partial charge in [0.2, 0.25) is 0 Å². The van der Waals surface area contributed by atoms with E-state index in [0.29, 0.717) is 23.5 Å². The molecule has 0 spiro atoms. The molecular formula is C28H36N2O4. The van der Waals surface area contributed by atoms with Crippen molar-refractivity contribution in [2.45, 2.75) is 58.3 Å². The molecule has 1 saturated carbocycles. The van der Waals surface area contributed by atoms with Gasteiger partial charge in [0.25, 0.3) is 0 Å². The molecule has 0 amide bonds. The van der Waals surface area contributed by atoms with E-state index in [4.69, 9.17) is 20.9 Å². The number of ether oxygens (including phenoxy) is 2. The third-order valence-corrected chi connectivity index (χ3v) is 6.33. The second kappa shape index (κ2) is 12.8. The zero-order valence-corrected chi connectivity index (χ0v) is 20.0. The van der Waals surface area contributed by atoms with Crippen LogP contribution in [0.2, 0.25) is 0 Å². The van der Waals surface area contributed by atoms with Crippen LogP contribution in [0.15, 0.2) is 48.5 Å². The summed E-state index contributed by atoms with van der Waals surface area (Å²) in [6, 6.07) is 12.4. The van der Waals surface area contributed by atoms with Crippen molar-refractivity contribution < 1.29 is 19.1 Å². The zero-order chi connectivity index (χ0) is 24.3. The molecule has 3 rings (SSSR count). The number of rotatable bonds is 10. The molecule has 34 heavy (non-hydrogen) atoms. The molecule has 1 fully saturated rings. The molecule has 0 atom stereocenters. The average Bonchev–Trinajstić information content (AvgIpc) is 2.82. The maximum absolute atomic E-state index is 12.5. The summed E-state index contributed by atoms with van der Waals surface area (Å²) in [5.41, 5.74) is 14.5. The lowest BCUT2D eigenvalue weighted by molar-refractivity contribution is -0.140. The fourth-order valence-electron chi connectivity index (χ4n) is 4.40. The Labute approximate surface area is 202 Å². The summed E-state index contributed by atoms with van der Waals surface area (Å²) in [7, 11) is 0. The van der Waals surface area contributed by atoms with Crippen LogP contribution < -0.4 is 16.2 Å². The number of carbonyl (C=O) groups excluding carboxylic acids is 2. The number of nitrogens with two attached hydrogens (primary N) is 2. The number of nitrogen functional groups attached to an aromatic ring is 2. The first kappa shape index (κ1) is 25.3. The first-order chi connectivity index (χ1) is 16.4. The highest BCUT2D eigenvalue weighted by Gasteiger charge is 2.27. The summed E-state index contributed by atoms with van der Waals surface area (Å²) in [6.45, 7) is 2.46. The molecule has 6 nitrogen and oxygen atoms in total. The smallest absolute Gasteiger partial charge is 0.330 e. The van der Waals surface area contributed by atoms with Crippen LogP contribution in [0.1, 0.15) is 63.0 Å². The van der Waals surface area contributed by atoms with E-state index in [1.807, 2.05) is 24.3 Å². The fourth-order valence-corrected chi connectivity index (χ4v) is 4.40. The van der Waals surface area contributed by atoms with Gasteiger partial charge in [0.1, 0.15) is 5.75 Å². The number of unbranched alkanes of at least 4 members (excludes halogenated alkanes) is 1. The lowest BCUT2D eigenvalue weighted by Gasteiger charge is -2.27. The van der Waals surface area contributed by atoms with Crippen LogP contribution in [-0.2, 0) is 20.7 Å². The van der Waals surface area contributed by atoms with E-state index in [0.717, 1.165) is 42.7 Å². The maximum Gasteiger partial charge on any atom is 0.330 e. The Hall–Kier alpha value is -3.28. The van der Waals surface area contributed by atoms with Crippen molar-refractivity contribution in [2.75, 3.05) is 18.1 Å². The number of anilines is 2. The van der Waals surface area contributed by atoms with E-state index < -0.39 is 5.97 Å². The van der Waals surface area contributed by atoms with Crippen LogP contribution >= 0.6 is 0 Å². The molecular weight excluding hydrogens is 428 g/mol. The number of carbonyl (C=O) groups is 2. The summed E-state index contributed by atoms with van der Waals surface area (Å²) < 4.78 is 10.8. The second-order valence-corrected chi connectivity index (χ2v) is 9.11. The molecule has 4 N–H and O–H groups in total. The van der Waals surface area contributed by atoms with Crippen LogP contribution in [-0.4, -0.2) is 18.5 Å². The first-order valence-corrected chi connectivity index (χ1v) is 12.2. The molecule has 0 bridgehead atoms. The zero-order valence-electron chi connectivity index (χ0n) is 20.0.